The van der Waals surface area contributed by atoms with Gasteiger partial charge in [0.15, 0.2) is 0 Å². The zero-order valence-electron chi connectivity index (χ0n) is 30.1. The van der Waals surface area contributed by atoms with E-state index in [1.54, 1.807) is 0 Å². The summed E-state index contributed by atoms with van der Waals surface area (Å²) in [5.41, 5.74) is 0. The highest BCUT2D eigenvalue weighted by atomic mass is 16.5. The standard InChI is InChI=1S/C41H75NO2/c1-5-7-9-11-13-15-17-19-21-23-25-27-29-31-33-35-37-43-40-41(39-42(3)4)44-38-36-34-32-30-28-26-24-22-20-18-16-14-12-10-8-6-2/h13-16,19-22,40H,5-12,17-18,23-39H2,1-4H3/b15-13-,16-14-,21-19-,22-20-,41-40?. The van der Waals surface area contributed by atoms with Crippen LogP contribution < -0.4 is 0 Å². The van der Waals surface area contributed by atoms with Gasteiger partial charge in [0.05, 0.1) is 19.8 Å². The first kappa shape index (κ1) is 42.3. The second-order valence-electron chi connectivity index (χ2n) is 12.7. The minimum absolute atomic E-state index is 0.792. The van der Waals surface area contributed by atoms with Crippen molar-refractivity contribution in [3.05, 3.63) is 60.6 Å². The molecule has 0 aromatic carbocycles. The van der Waals surface area contributed by atoms with E-state index in [0.29, 0.717) is 0 Å². The van der Waals surface area contributed by atoms with Crippen LogP contribution in [0.5, 0.6) is 0 Å². The number of ether oxygens (including phenoxy) is 2. The van der Waals surface area contributed by atoms with Gasteiger partial charge in [0.2, 0.25) is 0 Å². The van der Waals surface area contributed by atoms with Crippen LogP contribution >= 0.6 is 0 Å². The molecule has 3 nitrogen and oxygen atoms in total. The van der Waals surface area contributed by atoms with E-state index in [1.807, 2.05) is 6.26 Å². The molecule has 256 valence electrons. The average molecular weight is 614 g/mol. The molecule has 0 aromatic rings. The molecule has 0 aliphatic heterocycles. The topological polar surface area (TPSA) is 21.7 Å². The van der Waals surface area contributed by atoms with Crippen LogP contribution in [0.2, 0.25) is 0 Å². The third kappa shape index (κ3) is 36.5. The molecule has 0 saturated heterocycles. The van der Waals surface area contributed by atoms with Gasteiger partial charge in [-0.05, 0) is 91.1 Å². The molecule has 0 aliphatic rings. The fraction of sp³-hybridized carbons (Fsp3) is 0.756. The summed E-state index contributed by atoms with van der Waals surface area (Å²) in [4.78, 5) is 2.15. The summed E-state index contributed by atoms with van der Waals surface area (Å²) in [5, 5.41) is 0. The van der Waals surface area contributed by atoms with Crippen LogP contribution in [0, 0.1) is 0 Å². The van der Waals surface area contributed by atoms with Crippen LogP contribution in [-0.4, -0.2) is 38.8 Å². The lowest BCUT2D eigenvalue weighted by Crippen LogP contribution is -2.17. The number of likely N-dealkylation sites (N-methyl/N-ethyl adjacent to an activating group) is 1. The Labute approximate surface area is 276 Å². The second kappa shape index (κ2) is 37.4. The molecular weight excluding hydrogens is 538 g/mol. The Bertz CT molecular complexity index is 703. The summed E-state index contributed by atoms with van der Waals surface area (Å²) >= 11 is 0. The minimum Gasteiger partial charge on any atom is -0.498 e. The number of rotatable bonds is 34. The summed E-state index contributed by atoms with van der Waals surface area (Å²) in [6.45, 7) is 6.91. The van der Waals surface area contributed by atoms with Crippen molar-refractivity contribution in [3.8, 4) is 0 Å². The Morgan fingerprint density at radius 3 is 1.27 bits per heavy atom. The first-order valence-corrected chi connectivity index (χ1v) is 18.9. The van der Waals surface area contributed by atoms with Crippen LogP contribution in [0.25, 0.3) is 0 Å². The molecule has 0 fully saturated rings. The molecule has 0 heterocycles. The number of hydrogen-bond donors (Lipinski definition) is 0. The van der Waals surface area contributed by atoms with Gasteiger partial charge in [-0.15, -0.1) is 0 Å². The van der Waals surface area contributed by atoms with Crippen molar-refractivity contribution < 1.29 is 9.47 Å². The van der Waals surface area contributed by atoms with Gasteiger partial charge in [-0.25, -0.2) is 0 Å². The summed E-state index contributed by atoms with van der Waals surface area (Å²) < 4.78 is 11.9. The van der Waals surface area contributed by atoms with Gasteiger partial charge in [0.1, 0.15) is 12.0 Å². The molecule has 0 radical (unpaired) electrons. The maximum absolute atomic E-state index is 6.08. The van der Waals surface area contributed by atoms with Crippen molar-refractivity contribution in [1.29, 1.82) is 0 Å². The normalized spacial score (nSPS) is 12.7. The van der Waals surface area contributed by atoms with Gasteiger partial charge >= 0.3 is 0 Å². The second-order valence-corrected chi connectivity index (χ2v) is 12.7. The maximum Gasteiger partial charge on any atom is 0.144 e. The molecule has 0 atom stereocenters. The van der Waals surface area contributed by atoms with E-state index in [-0.39, 0.29) is 0 Å². The molecule has 0 aliphatic carbocycles. The number of allylic oxidation sites excluding steroid dienone is 8. The smallest absolute Gasteiger partial charge is 0.144 e. The summed E-state index contributed by atoms with van der Waals surface area (Å²) in [5.74, 6) is 0.956. The van der Waals surface area contributed by atoms with E-state index in [1.165, 1.54) is 128 Å². The zero-order valence-corrected chi connectivity index (χ0v) is 30.1. The van der Waals surface area contributed by atoms with Gasteiger partial charge in [-0.1, -0.05) is 140 Å². The van der Waals surface area contributed by atoms with Crippen LogP contribution in [0.4, 0.5) is 0 Å². The summed E-state index contributed by atoms with van der Waals surface area (Å²) in [6, 6.07) is 0. The molecule has 0 amide bonds. The Morgan fingerprint density at radius 1 is 0.455 bits per heavy atom. The molecular formula is C41H75NO2. The van der Waals surface area contributed by atoms with Gasteiger partial charge in [-0.2, -0.15) is 0 Å². The number of unbranched alkanes of at least 4 members (excludes halogenated alkanes) is 18. The third-order valence-corrected chi connectivity index (χ3v) is 7.78. The highest BCUT2D eigenvalue weighted by Crippen LogP contribution is 2.11. The highest BCUT2D eigenvalue weighted by Gasteiger charge is 2.02. The molecule has 0 bridgehead atoms. The maximum atomic E-state index is 6.08. The predicted octanol–water partition coefficient (Wildman–Crippen LogP) is 13.0. The van der Waals surface area contributed by atoms with E-state index in [0.717, 1.165) is 51.2 Å². The summed E-state index contributed by atoms with van der Waals surface area (Å²) in [7, 11) is 4.17. The highest BCUT2D eigenvalue weighted by molar-refractivity contribution is 4.93. The van der Waals surface area contributed by atoms with Gasteiger partial charge < -0.3 is 14.4 Å². The van der Waals surface area contributed by atoms with Gasteiger partial charge in [0, 0.05) is 0 Å². The Hall–Kier alpha value is -1.74. The molecule has 0 saturated carbocycles. The predicted molar refractivity (Wildman–Crippen MR) is 197 cm³/mol. The summed E-state index contributed by atoms with van der Waals surface area (Å²) in [6.07, 6.45) is 51.1. The Balaban J connectivity index is 3.66. The van der Waals surface area contributed by atoms with Crippen molar-refractivity contribution in [2.45, 2.75) is 168 Å². The van der Waals surface area contributed by atoms with E-state index in [2.05, 4.69) is 81.5 Å². The van der Waals surface area contributed by atoms with Gasteiger partial charge in [0.25, 0.3) is 0 Å². The first-order chi connectivity index (χ1) is 21.7. The third-order valence-electron chi connectivity index (χ3n) is 7.78. The lowest BCUT2D eigenvalue weighted by atomic mass is 10.1. The average Bonchev–Trinajstić information content (AvgIpc) is 3.01. The van der Waals surface area contributed by atoms with Crippen LogP contribution in [0.1, 0.15) is 168 Å². The molecule has 44 heavy (non-hydrogen) atoms. The van der Waals surface area contributed by atoms with Crippen molar-refractivity contribution in [2.75, 3.05) is 33.9 Å². The van der Waals surface area contributed by atoms with E-state index in [4.69, 9.17) is 9.47 Å². The van der Waals surface area contributed by atoms with Crippen LogP contribution in [-0.2, 0) is 9.47 Å². The molecule has 0 spiro atoms. The number of hydrogen-bond acceptors (Lipinski definition) is 3. The fourth-order valence-corrected chi connectivity index (χ4v) is 5.05. The number of nitrogens with zero attached hydrogens (tertiary/aromatic N) is 1. The van der Waals surface area contributed by atoms with Crippen molar-refractivity contribution in [3.63, 3.8) is 0 Å². The fourth-order valence-electron chi connectivity index (χ4n) is 5.05. The van der Waals surface area contributed by atoms with Crippen LogP contribution in [0.15, 0.2) is 60.6 Å². The zero-order chi connectivity index (χ0) is 32.0. The first-order valence-electron chi connectivity index (χ1n) is 18.9. The Kier molecular flexibility index (Phi) is 36.0. The van der Waals surface area contributed by atoms with E-state index < -0.39 is 0 Å². The molecule has 0 N–H and O–H groups in total. The van der Waals surface area contributed by atoms with Crippen molar-refractivity contribution in [2.24, 2.45) is 0 Å². The SMILES string of the molecule is CCCCC/C=C\C/C=C\CCCCCCCCOC=C(CN(C)C)OCCCCCCCC/C=C\C/C=C\CCCCC. The monoisotopic (exact) mass is 614 g/mol. The van der Waals surface area contributed by atoms with Crippen molar-refractivity contribution in [1.82, 2.24) is 4.90 Å². The quantitative estimate of drug-likeness (QED) is 0.0409. The lowest BCUT2D eigenvalue weighted by molar-refractivity contribution is 0.152. The minimum atomic E-state index is 0.792. The molecule has 0 unspecified atom stereocenters. The molecule has 0 rings (SSSR count). The van der Waals surface area contributed by atoms with Crippen molar-refractivity contribution >= 4 is 0 Å². The Morgan fingerprint density at radius 2 is 0.841 bits per heavy atom. The molecule has 3 heteroatoms. The lowest BCUT2D eigenvalue weighted by Gasteiger charge is -2.15. The van der Waals surface area contributed by atoms with Gasteiger partial charge in [-0.3, -0.25) is 0 Å². The largest absolute Gasteiger partial charge is 0.498 e. The van der Waals surface area contributed by atoms with Crippen LogP contribution in [0.3, 0.4) is 0 Å². The van der Waals surface area contributed by atoms with E-state index >= 15 is 0 Å². The van der Waals surface area contributed by atoms with E-state index in [9.17, 15) is 0 Å². The molecule has 0 aromatic heterocycles.